The summed E-state index contributed by atoms with van der Waals surface area (Å²) in [6.45, 7) is 7.73. The quantitative estimate of drug-likeness (QED) is 0.869. The summed E-state index contributed by atoms with van der Waals surface area (Å²) in [5, 5.41) is 5.62. The van der Waals surface area contributed by atoms with E-state index in [1.54, 1.807) is 11.3 Å². The molecule has 3 heteroatoms. The van der Waals surface area contributed by atoms with Crippen LogP contribution in [0.15, 0.2) is 15.9 Å². The van der Waals surface area contributed by atoms with E-state index in [1.165, 1.54) is 9.35 Å². The molecule has 0 saturated heterocycles. The van der Waals surface area contributed by atoms with E-state index >= 15 is 0 Å². The first kappa shape index (κ1) is 11.2. The van der Waals surface area contributed by atoms with Gasteiger partial charge >= 0.3 is 0 Å². The minimum atomic E-state index is 0.455. The van der Waals surface area contributed by atoms with Crippen LogP contribution in [-0.2, 0) is 0 Å². The number of thiophene rings is 1. The molecule has 0 bridgehead atoms. The molecule has 0 amide bonds. The van der Waals surface area contributed by atoms with E-state index in [0.29, 0.717) is 12.0 Å². The summed E-state index contributed by atoms with van der Waals surface area (Å²) in [6.07, 6.45) is 0. The standard InChI is InChI=1S/C10H16BrNS/c1-7(2)6-12-8(3)10-9(11)4-5-13-10/h4-5,7-8,12H,6H2,1-3H3. The van der Waals surface area contributed by atoms with Crippen LogP contribution in [-0.4, -0.2) is 6.54 Å². The highest BCUT2D eigenvalue weighted by atomic mass is 79.9. The lowest BCUT2D eigenvalue weighted by Gasteiger charge is -2.14. The maximum absolute atomic E-state index is 3.54. The molecule has 1 unspecified atom stereocenters. The van der Waals surface area contributed by atoms with Crippen molar-refractivity contribution in [3.05, 3.63) is 20.8 Å². The predicted molar refractivity (Wildman–Crippen MR) is 63.3 cm³/mol. The van der Waals surface area contributed by atoms with Crippen LogP contribution in [0.2, 0.25) is 0 Å². The highest BCUT2D eigenvalue weighted by Gasteiger charge is 2.09. The summed E-state index contributed by atoms with van der Waals surface area (Å²) in [4.78, 5) is 1.39. The Kier molecular flexibility index (Phi) is 4.42. The van der Waals surface area contributed by atoms with Crippen molar-refractivity contribution in [3.8, 4) is 0 Å². The molecule has 0 aliphatic carbocycles. The van der Waals surface area contributed by atoms with Gasteiger partial charge in [-0.15, -0.1) is 11.3 Å². The molecular formula is C10H16BrNS. The molecular weight excluding hydrogens is 246 g/mol. The van der Waals surface area contributed by atoms with Crippen molar-refractivity contribution >= 4 is 27.3 Å². The van der Waals surface area contributed by atoms with Gasteiger partial charge < -0.3 is 5.32 Å². The molecule has 0 radical (unpaired) electrons. The lowest BCUT2D eigenvalue weighted by molar-refractivity contribution is 0.500. The van der Waals surface area contributed by atoms with E-state index in [4.69, 9.17) is 0 Å². The molecule has 0 spiro atoms. The van der Waals surface area contributed by atoms with Crippen molar-refractivity contribution in [2.75, 3.05) is 6.54 Å². The maximum Gasteiger partial charge on any atom is 0.0397 e. The van der Waals surface area contributed by atoms with Crippen molar-refractivity contribution in [1.82, 2.24) is 5.32 Å². The molecule has 0 saturated carbocycles. The Hall–Kier alpha value is 0.140. The maximum atomic E-state index is 3.54. The van der Waals surface area contributed by atoms with Gasteiger partial charge in [0, 0.05) is 15.4 Å². The van der Waals surface area contributed by atoms with Gasteiger partial charge in [-0.2, -0.15) is 0 Å². The molecule has 1 aromatic rings. The Balaban J connectivity index is 2.49. The van der Waals surface area contributed by atoms with Crippen molar-refractivity contribution in [2.24, 2.45) is 5.92 Å². The Morgan fingerprint density at radius 2 is 2.15 bits per heavy atom. The van der Waals surface area contributed by atoms with E-state index in [9.17, 15) is 0 Å². The molecule has 74 valence electrons. The predicted octanol–water partition coefficient (Wildman–Crippen LogP) is 3.82. The molecule has 0 aromatic carbocycles. The third-order valence-corrected chi connectivity index (χ3v) is 3.92. The Morgan fingerprint density at radius 1 is 1.46 bits per heavy atom. The molecule has 1 rings (SSSR count). The average Bonchev–Trinajstić information content (AvgIpc) is 2.47. The largest absolute Gasteiger partial charge is 0.309 e. The first-order valence-electron chi connectivity index (χ1n) is 4.57. The topological polar surface area (TPSA) is 12.0 Å². The Morgan fingerprint density at radius 3 is 2.62 bits per heavy atom. The normalized spacial score (nSPS) is 13.6. The van der Waals surface area contributed by atoms with Crippen LogP contribution in [0.3, 0.4) is 0 Å². The number of hydrogen-bond donors (Lipinski definition) is 1. The lowest BCUT2D eigenvalue weighted by atomic mass is 10.2. The monoisotopic (exact) mass is 261 g/mol. The Bertz CT molecular complexity index is 257. The summed E-state index contributed by atoms with van der Waals surface area (Å²) < 4.78 is 1.22. The molecule has 1 nitrogen and oxygen atoms in total. The first-order chi connectivity index (χ1) is 6.11. The zero-order valence-electron chi connectivity index (χ0n) is 8.30. The molecule has 1 heterocycles. The molecule has 1 atom stereocenters. The second-order valence-electron chi connectivity index (χ2n) is 3.66. The highest BCUT2D eigenvalue weighted by Crippen LogP contribution is 2.28. The van der Waals surface area contributed by atoms with Gasteiger partial charge in [-0.25, -0.2) is 0 Å². The second-order valence-corrected chi connectivity index (χ2v) is 5.46. The van der Waals surface area contributed by atoms with E-state index in [0.717, 1.165) is 6.54 Å². The van der Waals surface area contributed by atoms with Crippen LogP contribution in [0, 0.1) is 5.92 Å². The zero-order valence-corrected chi connectivity index (χ0v) is 10.7. The third kappa shape index (κ3) is 3.41. The van der Waals surface area contributed by atoms with E-state index in [2.05, 4.69) is 53.5 Å². The minimum absolute atomic E-state index is 0.455. The van der Waals surface area contributed by atoms with Gasteiger partial charge in [-0.1, -0.05) is 13.8 Å². The van der Waals surface area contributed by atoms with Gasteiger partial charge in [-0.05, 0) is 46.8 Å². The fourth-order valence-electron chi connectivity index (χ4n) is 1.12. The fourth-order valence-corrected chi connectivity index (χ4v) is 2.87. The van der Waals surface area contributed by atoms with Crippen molar-refractivity contribution in [2.45, 2.75) is 26.8 Å². The summed E-state index contributed by atoms with van der Waals surface area (Å²) in [5.41, 5.74) is 0. The fraction of sp³-hybridized carbons (Fsp3) is 0.600. The number of nitrogens with one attached hydrogen (secondary N) is 1. The zero-order chi connectivity index (χ0) is 9.84. The van der Waals surface area contributed by atoms with Crippen LogP contribution in [0.1, 0.15) is 31.7 Å². The van der Waals surface area contributed by atoms with Crippen molar-refractivity contribution < 1.29 is 0 Å². The summed E-state index contributed by atoms with van der Waals surface area (Å²) >= 11 is 5.34. The molecule has 0 aliphatic heterocycles. The molecule has 1 aromatic heterocycles. The van der Waals surface area contributed by atoms with Gasteiger partial charge in [0.25, 0.3) is 0 Å². The van der Waals surface area contributed by atoms with Gasteiger partial charge in [0.2, 0.25) is 0 Å². The molecule has 1 N–H and O–H groups in total. The summed E-state index contributed by atoms with van der Waals surface area (Å²) in [6, 6.07) is 2.56. The average molecular weight is 262 g/mol. The van der Waals surface area contributed by atoms with E-state index in [-0.39, 0.29) is 0 Å². The van der Waals surface area contributed by atoms with Crippen LogP contribution < -0.4 is 5.32 Å². The van der Waals surface area contributed by atoms with Gasteiger partial charge in [0.05, 0.1) is 0 Å². The van der Waals surface area contributed by atoms with Crippen molar-refractivity contribution in [3.63, 3.8) is 0 Å². The van der Waals surface area contributed by atoms with Gasteiger partial charge in [0.1, 0.15) is 0 Å². The van der Waals surface area contributed by atoms with Gasteiger partial charge in [0.15, 0.2) is 0 Å². The minimum Gasteiger partial charge on any atom is -0.309 e. The molecule has 0 fully saturated rings. The van der Waals surface area contributed by atoms with Crippen LogP contribution in [0.25, 0.3) is 0 Å². The van der Waals surface area contributed by atoms with E-state index < -0.39 is 0 Å². The first-order valence-corrected chi connectivity index (χ1v) is 6.24. The van der Waals surface area contributed by atoms with Crippen molar-refractivity contribution in [1.29, 1.82) is 0 Å². The van der Waals surface area contributed by atoms with E-state index in [1.807, 2.05) is 0 Å². The molecule has 0 aliphatic rings. The van der Waals surface area contributed by atoms with Gasteiger partial charge in [-0.3, -0.25) is 0 Å². The Labute approximate surface area is 92.7 Å². The summed E-state index contributed by atoms with van der Waals surface area (Å²) in [7, 11) is 0. The lowest BCUT2D eigenvalue weighted by Crippen LogP contribution is -2.22. The number of rotatable bonds is 4. The third-order valence-electron chi connectivity index (χ3n) is 1.87. The molecule has 13 heavy (non-hydrogen) atoms. The van der Waals surface area contributed by atoms with Crippen LogP contribution in [0.5, 0.6) is 0 Å². The SMILES string of the molecule is CC(C)CNC(C)c1sccc1Br. The van der Waals surface area contributed by atoms with Crippen LogP contribution >= 0.6 is 27.3 Å². The number of halogens is 1. The highest BCUT2D eigenvalue weighted by molar-refractivity contribution is 9.10. The second kappa shape index (κ2) is 5.13. The van der Waals surface area contributed by atoms with Crippen LogP contribution in [0.4, 0.5) is 0 Å². The smallest absolute Gasteiger partial charge is 0.0397 e. The number of hydrogen-bond acceptors (Lipinski definition) is 2. The summed E-state index contributed by atoms with van der Waals surface area (Å²) in [5.74, 6) is 0.709.